The summed E-state index contributed by atoms with van der Waals surface area (Å²) in [5, 5.41) is 4.37. The molecule has 41 heavy (non-hydrogen) atoms. The second-order valence-electron chi connectivity index (χ2n) is 9.47. The van der Waals surface area contributed by atoms with Gasteiger partial charge < -0.3 is 14.5 Å². The number of hydrogen-bond donors (Lipinski definition) is 1. The summed E-state index contributed by atoms with van der Waals surface area (Å²) in [5.41, 5.74) is 1.01. The van der Waals surface area contributed by atoms with E-state index in [1.807, 2.05) is 0 Å². The van der Waals surface area contributed by atoms with Crippen molar-refractivity contribution >= 4 is 45.1 Å². The summed E-state index contributed by atoms with van der Waals surface area (Å²) in [4.78, 5) is 22.2. The van der Waals surface area contributed by atoms with Crippen molar-refractivity contribution in [3.8, 4) is 16.9 Å². The Bertz CT molecular complexity index is 1860. The van der Waals surface area contributed by atoms with Crippen molar-refractivity contribution in [2.45, 2.75) is 18.9 Å². The van der Waals surface area contributed by atoms with Gasteiger partial charge in [0.25, 0.3) is 5.91 Å². The molecule has 0 atom stereocenters. The lowest BCUT2D eigenvalue weighted by atomic mass is 10.0. The number of H-pyrrole nitrogens is 1. The Labute approximate surface area is 242 Å². The van der Waals surface area contributed by atoms with E-state index in [0.29, 0.717) is 23.9 Å². The van der Waals surface area contributed by atoms with Gasteiger partial charge in [0.15, 0.2) is 39.6 Å². The Morgan fingerprint density at radius 2 is 1.71 bits per heavy atom. The second-order valence-corrected chi connectivity index (χ2v) is 10.6. The number of aromatic amines is 1. The van der Waals surface area contributed by atoms with Crippen LogP contribution in [0, 0.1) is 33.9 Å². The maximum absolute atomic E-state index is 14.7. The Balaban J connectivity index is 1.33. The van der Waals surface area contributed by atoms with Gasteiger partial charge in [-0.1, -0.05) is 0 Å². The molecule has 0 bridgehead atoms. The van der Waals surface area contributed by atoms with Gasteiger partial charge in [-0.2, -0.15) is 5.10 Å². The summed E-state index contributed by atoms with van der Waals surface area (Å²) >= 11 is 8.81. The van der Waals surface area contributed by atoms with Gasteiger partial charge in [0.2, 0.25) is 0 Å². The minimum Gasteiger partial charge on any atom is -0.337 e. The summed E-state index contributed by atoms with van der Waals surface area (Å²) in [7, 11) is 0. The van der Waals surface area contributed by atoms with Gasteiger partial charge in [0, 0.05) is 49.2 Å². The molecule has 0 saturated carbocycles. The van der Waals surface area contributed by atoms with E-state index in [1.54, 1.807) is 21.6 Å². The van der Waals surface area contributed by atoms with Gasteiger partial charge in [-0.25, -0.2) is 26.6 Å². The van der Waals surface area contributed by atoms with E-state index in [2.05, 4.69) is 31.0 Å². The smallest absolute Gasteiger partial charge is 0.275 e. The maximum Gasteiger partial charge on any atom is 0.275 e. The number of halogens is 6. The minimum absolute atomic E-state index is 0.0377. The van der Waals surface area contributed by atoms with Crippen molar-refractivity contribution in [2.75, 3.05) is 13.1 Å². The van der Waals surface area contributed by atoms with E-state index in [1.165, 1.54) is 18.5 Å². The van der Waals surface area contributed by atoms with Crippen LogP contribution in [0.25, 0.3) is 28.0 Å². The van der Waals surface area contributed by atoms with Crippen LogP contribution in [-0.4, -0.2) is 48.2 Å². The second kappa shape index (κ2) is 10.5. The van der Waals surface area contributed by atoms with Crippen molar-refractivity contribution in [2.24, 2.45) is 0 Å². The molecule has 210 valence electrons. The quantitative estimate of drug-likeness (QED) is 0.131. The number of hydrogen-bond acceptors (Lipinski definition) is 4. The Morgan fingerprint density at radius 1 is 1.00 bits per heavy atom. The lowest BCUT2D eigenvalue weighted by Gasteiger charge is -2.32. The van der Waals surface area contributed by atoms with Crippen molar-refractivity contribution in [1.82, 2.24) is 29.2 Å². The highest BCUT2D eigenvalue weighted by molar-refractivity contribution is 9.10. The van der Waals surface area contributed by atoms with E-state index < -0.39 is 35.0 Å². The number of rotatable bonds is 4. The summed E-state index contributed by atoms with van der Waals surface area (Å²) in [6, 6.07) is 7.03. The third-order valence-electron chi connectivity index (χ3n) is 7.07. The number of carbonyl (C=O) groups excluding carboxylic acids is 1. The zero-order valence-electron chi connectivity index (χ0n) is 20.8. The fraction of sp³-hybridized carbons (Fsp3) is 0.185. The number of aromatic nitrogens is 5. The number of benzene rings is 2. The normalized spacial score (nSPS) is 14.2. The molecule has 0 unspecified atom stereocenters. The van der Waals surface area contributed by atoms with E-state index in [9.17, 15) is 26.7 Å². The third-order valence-corrected chi connectivity index (χ3v) is 8.12. The Morgan fingerprint density at radius 3 is 2.37 bits per heavy atom. The van der Waals surface area contributed by atoms with Crippen molar-refractivity contribution in [1.29, 1.82) is 0 Å². The topological polar surface area (TPSA) is 71.7 Å². The molecule has 1 aliphatic rings. The van der Waals surface area contributed by atoms with Crippen LogP contribution in [-0.2, 0) is 0 Å². The van der Waals surface area contributed by atoms with Gasteiger partial charge in [-0.05, 0) is 65.3 Å². The molecule has 7 nitrogen and oxygen atoms in total. The lowest BCUT2D eigenvalue weighted by molar-refractivity contribution is 0.0688. The number of nitrogens with zero attached hydrogens (tertiary/aromatic N) is 5. The first kappa shape index (κ1) is 27.3. The van der Waals surface area contributed by atoms with Crippen molar-refractivity contribution < 1.29 is 26.7 Å². The highest BCUT2D eigenvalue weighted by atomic mass is 79.9. The van der Waals surface area contributed by atoms with Gasteiger partial charge in [0.1, 0.15) is 5.52 Å². The van der Waals surface area contributed by atoms with Crippen LogP contribution in [0.1, 0.15) is 29.4 Å². The molecular weight excluding hydrogens is 631 g/mol. The molecule has 0 aliphatic carbocycles. The van der Waals surface area contributed by atoms with Crippen LogP contribution in [0.15, 0.2) is 53.3 Å². The standard InChI is InChI=1S/C27H18BrF5N6OS/c28-20-23(36-39(24(20)13-2-1-7-34-12-13)15-10-17(30)21(32)18(31)11-15)26(40)37-8-5-14(6-9-37)38-25-19(35-27(38)41)4-3-16(29)22(25)33/h1-4,7,10-12,14H,5-6,8-9H2,(H,35,41). The molecule has 3 aromatic heterocycles. The molecule has 1 saturated heterocycles. The fourth-order valence-electron chi connectivity index (χ4n) is 5.12. The number of likely N-dealkylation sites (tertiary alicyclic amines) is 1. The number of amides is 1. The predicted molar refractivity (Wildman–Crippen MR) is 146 cm³/mol. The zero-order chi connectivity index (χ0) is 29.0. The van der Waals surface area contributed by atoms with Crippen molar-refractivity contribution in [3.05, 3.63) is 92.8 Å². The van der Waals surface area contributed by atoms with E-state index >= 15 is 0 Å². The first-order chi connectivity index (χ1) is 19.7. The van der Waals surface area contributed by atoms with E-state index in [0.717, 1.165) is 22.9 Å². The fourth-order valence-corrected chi connectivity index (χ4v) is 6.11. The van der Waals surface area contributed by atoms with Crippen molar-refractivity contribution in [3.63, 3.8) is 0 Å². The third kappa shape index (κ3) is 4.64. The molecule has 14 heteroatoms. The number of piperidine rings is 1. The number of imidazole rings is 1. The highest BCUT2D eigenvalue weighted by Crippen LogP contribution is 2.36. The summed E-state index contributed by atoms with van der Waals surface area (Å²) in [6.45, 7) is 0.492. The molecular formula is C27H18BrF5N6OS. The van der Waals surface area contributed by atoms with Crippen LogP contribution in [0.4, 0.5) is 22.0 Å². The average molecular weight is 649 g/mol. The first-order valence-corrected chi connectivity index (χ1v) is 13.6. The largest absolute Gasteiger partial charge is 0.337 e. The molecule has 0 radical (unpaired) electrons. The molecule has 1 amide bonds. The highest BCUT2D eigenvalue weighted by Gasteiger charge is 2.32. The van der Waals surface area contributed by atoms with E-state index in [4.69, 9.17) is 12.2 Å². The number of fused-ring (bicyclic) bond motifs is 1. The Kier molecular flexibility index (Phi) is 6.98. The van der Waals surface area contributed by atoms with Gasteiger partial charge in [-0.15, -0.1) is 0 Å². The van der Waals surface area contributed by atoms with E-state index in [-0.39, 0.29) is 51.0 Å². The predicted octanol–water partition coefficient (Wildman–Crippen LogP) is 6.88. The molecule has 6 rings (SSSR count). The number of nitrogens with one attached hydrogen (secondary N) is 1. The van der Waals surface area contributed by atoms with Crippen LogP contribution in [0.3, 0.4) is 0 Å². The van der Waals surface area contributed by atoms with Crippen LogP contribution < -0.4 is 0 Å². The summed E-state index contributed by atoms with van der Waals surface area (Å²) < 4.78 is 73.8. The number of pyridine rings is 1. The summed E-state index contributed by atoms with van der Waals surface area (Å²) in [6.07, 6.45) is 3.81. The SMILES string of the molecule is O=C(c1nn(-c2cc(F)c(F)c(F)c2)c(-c2cccnc2)c1Br)N1CCC(n2c(=S)[nH]c3ccc(F)c(F)c32)CC1. The van der Waals surface area contributed by atoms with Gasteiger partial charge >= 0.3 is 0 Å². The number of carbonyl (C=O) groups is 1. The minimum atomic E-state index is -1.63. The van der Waals surface area contributed by atoms with Crippen LogP contribution >= 0.6 is 28.1 Å². The molecule has 1 N–H and O–H groups in total. The molecule has 2 aromatic carbocycles. The monoisotopic (exact) mass is 648 g/mol. The lowest BCUT2D eigenvalue weighted by Crippen LogP contribution is -2.39. The Hall–Kier alpha value is -3.91. The maximum atomic E-state index is 14.7. The van der Waals surface area contributed by atoms with Crippen LogP contribution in [0.2, 0.25) is 0 Å². The van der Waals surface area contributed by atoms with Gasteiger partial charge in [-0.3, -0.25) is 9.78 Å². The average Bonchev–Trinajstić information content (AvgIpc) is 3.50. The molecule has 1 aliphatic heterocycles. The van der Waals surface area contributed by atoms with Crippen LogP contribution in [0.5, 0.6) is 0 Å². The molecule has 5 aromatic rings. The van der Waals surface area contributed by atoms with Gasteiger partial charge in [0.05, 0.1) is 21.4 Å². The molecule has 1 fully saturated rings. The molecule has 4 heterocycles. The molecule has 0 spiro atoms. The summed E-state index contributed by atoms with van der Waals surface area (Å²) in [5.74, 6) is -6.91. The first-order valence-electron chi connectivity index (χ1n) is 12.4. The zero-order valence-corrected chi connectivity index (χ0v) is 23.2.